The molecule has 2 aromatic heterocycles. The number of aromatic nitrogens is 2. The van der Waals surface area contributed by atoms with Gasteiger partial charge in [-0.1, -0.05) is 36.4 Å². The summed E-state index contributed by atoms with van der Waals surface area (Å²) < 4.78 is 5.29. The molecule has 1 atom stereocenters. The first-order chi connectivity index (χ1) is 16.1. The van der Waals surface area contributed by atoms with E-state index in [-0.39, 0.29) is 11.8 Å². The molecular weight excluding hydrogens is 410 g/mol. The number of likely N-dealkylation sites (tertiary alicyclic amines) is 1. The van der Waals surface area contributed by atoms with Crippen LogP contribution in [0.1, 0.15) is 40.6 Å². The number of fused-ring (bicyclic) bond motifs is 1. The van der Waals surface area contributed by atoms with Crippen LogP contribution >= 0.6 is 0 Å². The minimum Gasteiger partial charge on any atom is -0.497 e. The van der Waals surface area contributed by atoms with Crippen molar-refractivity contribution in [2.75, 3.05) is 20.2 Å². The van der Waals surface area contributed by atoms with Gasteiger partial charge < -0.3 is 9.64 Å². The van der Waals surface area contributed by atoms with Gasteiger partial charge in [0.2, 0.25) is 0 Å². The first-order valence-corrected chi connectivity index (χ1v) is 11.4. The van der Waals surface area contributed by atoms with Crippen LogP contribution in [0.15, 0.2) is 72.9 Å². The lowest BCUT2D eigenvalue weighted by Crippen LogP contribution is -2.39. The van der Waals surface area contributed by atoms with Crippen LogP contribution in [0.4, 0.5) is 0 Å². The standard InChI is InChI=1S/C28H27N3O2/c1-19-16-23(20-9-11-24(33-2)12-10-20)17-26(30-19)22-7-5-15-31(18-22)28(32)27-25-8-4-3-6-21(25)13-14-29-27/h3-4,6,8-14,16-17,22H,5,7,15,18H2,1-2H3. The minimum absolute atomic E-state index is 0.000434. The molecule has 0 N–H and O–H groups in total. The van der Waals surface area contributed by atoms with Crippen molar-refractivity contribution in [2.45, 2.75) is 25.7 Å². The molecule has 5 rings (SSSR count). The highest BCUT2D eigenvalue weighted by molar-refractivity contribution is 6.05. The zero-order valence-corrected chi connectivity index (χ0v) is 19.0. The molecule has 1 unspecified atom stereocenters. The summed E-state index contributed by atoms with van der Waals surface area (Å²) in [6, 6.07) is 22.2. The molecule has 2 aromatic carbocycles. The maximum Gasteiger partial charge on any atom is 0.273 e. The first kappa shape index (κ1) is 21.1. The summed E-state index contributed by atoms with van der Waals surface area (Å²) in [4.78, 5) is 24.7. The molecule has 1 saturated heterocycles. The summed E-state index contributed by atoms with van der Waals surface area (Å²) in [6.07, 6.45) is 3.69. The summed E-state index contributed by atoms with van der Waals surface area (Å²) in [5.41, 5.74) is 4.83. The number of carbonyl (C=O) groups excluding carboxylic acids is 1. The molecule has 0 saturated carbocycles. The number of methoxy groups -OCH3 is 1. The Labute approximate surface area is 194 Å². The summed E-state index contributed by atoms with van der Waals surface area (Å²) in [5.74, 6) is 1.04. The number of piperidine rings is 1. The molecule has 0 spiro atoms. The molecule has 1 fully saturated rings. The second-order valence-corrected chi connectivity index (χ2v) is 8.62. The van der Waals surface area contributed by atoms with Crippen LogP contribution in [-0.2, 0) is 0 Å². The molecular formula is C28H27N3O2. The largest absolute Gasteiger partial charge is 0.497 e. The van der Waals surface area contributed by atoms with Crippen molar-refractivity contribution in [3.63, 3.8) is 0 Å². The minimum atomic E-state index is -0.000434. The lowest BCUT2D eigenvalue weighted by molar-refractivity contribution is 0.0702. The van der Waals surface area contributed by atoms with Gasteiger partial charge in [-0.3, -0.25) is 14.8 Å². The van der Waals surface area contributed by atoms with Gasteiger partial charge in [0.15, 0.2) is 0 Å². The Hall–Kier alpha value is -3.73. The topological polar surface area (TPSA) is 55.3 Å². The molecule has 4 aromatic rings. The van der Waals surface area contributed by atoms with Crippen molar-refractivity contribution >= 4 is 16.7 Å². The smallest absolute Gasteiger partial charge is 0.273 e. The van der Waals surface area contributed by atoms with Crippen LogP contribution in [0.5, 0.6) is 5.75 Å². The van der Waals surface area contributed by atoms with Gasteiger partial charge >= 0.3 is 0 Å². The summed E-state index contributed by atoms with van der Waals surface area (Å²) >= 11 is 0. The Kier molecular flexibility index (Phi) is 5.78. The third kappa shape index (κ3) is 4.31. The van der Waals surface area contributed by atoms with E-state index in [1.165, 1.54) is 0 Å². The van der Waals surface area contributed by atoms with Crippen molar-refractivity contribution in [3.8, 4) is 16.9 Å². The van der Waals surface area contributed by atoms with E-state index in [1.54, 1.807) is 13.3 Å². The highest BCUT2D eigenvalue weighted by Gasteiger charge is 2.28. The van der Waals surface area contributed by atoms with Crippen LogP contribution in [0, 0.1) is 6.92 Å². The van der Waals surface area contributed by atoms with Crippen LogP contribution in [-0.4, -0.2) is 41.0 Å². The van der Waals surface area contributed by atoms with E-state index < -0.39 is 0 Å². The number of carbonyl (C=O) groups is 1. The SMILES string of the molecule is COc1ccc(-c2cc(C)nc(C3CCCN(C(=O)c4nccc5ccccc45)C3)c2)cc1. The van der Waals surface area contributed by atoms with Crippen molar-refractivity contribution in [1.29, 1.82) is 0 Å². The van der Waals surface area contributed by atoms with E-state index in [1.807, 2.05) is 54.3 Å². The molecule has 0 bridgehead atoms. The Morgan fingerprint density at radius 1 is 1.03 bits per heavy atom. The Balaban J connectivity index is 1.41. The molecule has 0 aliphatic carbocycles. The zero-order chi connectivity index (χ0) is 22.8. The van der Waals surface area contributed by atoms with Gasteiger partial charge in [0.05, 0.1) is 7.11 Å². The maximum absolute atomic E-state index is 13.4. The normalized spacial score (nSPS) is 16.1. The number of benzene rings is 2. The van der Waals surface area contributed by atoms with E-state index in [2.05, 4.69) is 29.2 Å². The second kappa shape index (κ2) is 9.02. The van der Waals surface area contributed by atoms with E-state index in [0.29, 0.717) is 12.2 Å². The molecule has 1 amide bonds. The maximum atomic E-state index is 13.4. The third-order valence-electron chi connectivity index (χ3n) is 6.40. The molecule has 33 heavy (non-hydrogen) atoms. The zero-order valence-electron chi connectivity index (χ0n) is 19.0. The van der Waals surface area contributed by atoms with Gasteiger partial charge in [-0.05, 0) is 66.6 Å². The van der Waals surface area contributed by atoms with Crippen LogP contribution in [0.2, 0.25) is 0 Å². The van der Waals surface area contributed by atoms with Crippen molar-refractivity contribution in [3.05, 3.63) is 90.0 Å². The Morgan fingerprint density at radius 3 is 2.67 bits per heavy atom. The molecule has 1 aliphatic heterocycles. The molecule has 166 valence electrons. The molecule has 5 heteroatoms. The lowest BCUT2D eigenvalue weighted by Gasteiger charge is -2.32. The molecule has 5 nitrogen and oxygen atoms in total. The lowest BCUT2D eigenvalue weighted by atomic mass is 9.92. The molecule has 1 aliphatic rings. The average Bonchev–Trinajstić information content (AvgIpc) is 2.87. The Bertz CT molecular complexity index is 1300. The van der Waals surface area contributed by atoms with E-state index >= 15 is 0 Å². The fourth-order valence-electron chi connectivity index (χ4n) is 4.70. The van der Waals surface area contributed by atoms with Crippen molar-refractivity contribution < 1.29 is 9.53 Å². The first-order valence-electron chi connectivity index (χ1n) is 11.4. The van der Waals surface area contributed by atoms with Gasteiger partial charge in [-0.25, -0.2) is 0 Å². The highest BCUT2D eigenvalue weighted by Crippen LogP contribution is 2.31. The number of pyridine rings is 2. The van der Waals surface area contributed by atoms with E-state index in [9.17, 15) is 4.79 Å². The number of nitrogens with zero attached hydrogens (tertiary/aromatic N) is 3. The van der Waals surface area contributed by atoms with Crippen molar-refractivity contribution in [2.24, 2.45) is 0 Å². The fraction of sp³-hybridized carbons (Fsp3) is 0.250. The van der Waals surface area contributed by atoms with E-state index in [4.69, 9.17) is 9.72 Å². The Morgan fingerprint density at radius 2 is 1.85 bits per heavy atom. The third-order valence-corrected chi connectivity index (χ3v) is 6.40. The molecule has 0 radical (unpaired) electrons. The predicted octanol–water partition coefficient (Wildman–Crippen LogP) is 5.63. The number of hydrogen-bond acceptors (Lipinski definition) is 4. The number of hydrogen-bond donors (Lipinski definition) is 0. The van der Waals surface area contributed by atoms with Gasteiger partial charge in [0, 0.05) is 42.0 Å². The van der Waals surface area contributed by atoms with Crippen LogP contribution < -0.4 is 4.74 Å². The van der Waals surface area contributed by atoms with Crippen molar-refractivity contribution in [1.82, 2.24) is 14.9 Å². The second-order valence-electron chi connectivity index (χ2n) is 8.62. The van der Waals surface area contributed by atoms with Gasteiger partial charge in [-0.15, -0.1) is 0 Å². The number of aryl methyl sites for hydroxylation is 1. The average molecular weight is 438 g/mol. The summed E-state index contributed by atoms with van der Waals surface area (Å²) in [5, 5.41) is 1.94. The van der Waals surface area contributed by atoms with Crippen LogP contribution in [0.25, 0.3) is 21.9 Å². The summed E-state index contributed by atoms with van der Waals surface area (Å²) in [7, 11) is 1.67. The monoisotopic (exact) mass is 437 g/mol. The highest BCUT2D eigenvalue weighted by atomic mass is 16.5. The van der Waals surface area contributed by atoms with Crippen LogP contribution in [0.3, 0.4) is 0 Å². The fourth-order valence-corrected chi connectivity index (χ4v) is 4.70. The quantitative estimate of drug-likeness (QED) is 0.415. The number of amides is 1. The number of rotatable bonds is 4. The van der Waals surface area contributed by atoms with Gasteiger partial charge in [0.1, 0.15) is 11.4 Å². The van der Waals surface area contributed by atoms with E-state index in [0.717, 1.165) is 58.4 Å². The number of ether oxygens (including phenoxy) is 1. The predicted molar refractivity (Wildman–Crippen MR) is 131 cm³/mol. The summed E-state index contributed by atoms with van der Waals surface area (Å²) in [6.45, 7) is 3.43. The molecule has 3 heterocycles. The van der Waals surface area contributed by atoms with Gasteiger partial charge in [0.25, 0.3) is 5.91 Å². The van der Waals surface area contributed by atoms with Gasteiger partial charge in [-0.2, -0.15) is 0 Å².